The van der Waals surface area contributed by atoms with Crippen molar-refractivity contribution in [1.29, 1.82) is 0 Å². The van der Waals surface area contributed by atoms with Crippen molar-refractivity contribution >= 4 is 43.4 Å². The summed E-state index contributed by atoms with van der Waals surface area (Å²) in [6.45, 7) is 8.59. The molecule has 184 valence electrons. The van der Waals surface area contributed by atoms with Crippen molar-refractivity contribution < 1.29 is 13.5 Å². The third-order valence-electron chi connectivity index (χ3n) is 5.05. The molecule has 10 nitrogen and oxygen atoms in total. The predicted molar refractivity (Wildman–Crippen MR) is 135 cm³/mol. The second kappa shape index (κ2) is 12.6. The van der Waals surface area contributed by atoms with Gasteiger partial charge in [0.1, 0.15) is 5.82 Å². The van der Waals surface area contributed by atoms with Gasteiger partial charge in [0.2, 0.25) is 16.0 Å². The minimum Gasteiger partial charge on any atom is -0.394 e. The van der Waals surface area contributed by atoms with Crippen LogP contribution in [0.3, 0.4) is 0 Å². The van der Waals surface area contributed by atoms with Gasteiger partial charge in [-0.2, -0.15) is 4.98 Å². The number of anilines is 3. The van der Waals surface area contributed by atoms with Crippen LogP contribution >= 0.6 is 15.9 Å². The fraction of sp³-hybridized carbons (Fsp3) is 0.524. The minimum absolute atomic E-state index is 0.0261. The highest BCUT2D eigenvalue weighted by Crippen LogP contribution is 2.24. The van der Waals surface area contributed by atoms with Gasteiger partial charge < -0.3 is 21.5 Å². The smallest absolute Gasteiger partial charge is 0.240 e. The molecule has 0 aliphatic rings. The Morgan fingerprint density at radius 2 is 2.00 bits per heavy atom. The van der Waals surface area contributed by atoms with Crippen molar-refractivity contribution in [1.82, 2.24) is 19.6 Å². The third kappa shape index (κ3) is 8.16. The van der Waals surface area contributed by atoms with E-state index in [-0.39, 0.29) is 36.3 Å². The molecule has 0 bridgehead atoms. The molecule has 0 saturated carbocycles. The molecule has 2 aromatic rings. The Hall–Kier alpha value is -1.83. The molecule has 1 aromatic carbocycles. The highest BCUT2D eigenvalue weighted by Gasteiger charge is 2.18. The second-order valence-electron chi connectivity index (χ2n) is 7.95. The summed E-state index contributed by atoms with van der Waals surface area (Å²) >= 11 is 3.40. The van der Waals surface area contributed by atoms with Crippen molar-refractivity contribution in [2.45, 2.75) is 57.3 Å². The van der Waals surface area contributed by atoms with Gasteiger partial charge in [0, 0.05) is 31.0 Å². The number of hydrogen-bond acceptors (Lipinski definition) is 9. The Balaban J connectivity index is 2.11. The summed E-state index contributed by atoms with van der Waals surface area (Å²) in [6.07, 6.45) is 2.14. The summed E-state index contributed by atoms with van der Waals surface area (Å²) in [5, 5.41) is 15.6. The van der Waals surface area contributed by atoms with Crippen molar-refractivity contribution in [3.8, 4) is 0 Å². The van der Waals surface area contributed by atoms with Crippen LogP contribution in [0.15, 0.2) is 39.8 Å². The van der Waals surface area contributed by atoms with E-state index < -0.39 is 10.0 Å². The Morgan fingerprint density at radius 3 is 2.61 bits per heavy atom. The van der Waals surface area contributed by atoms with E-state index in [1.165, 1.54) is 12.1 Å². The molecule has 33 heavy (non-hydrogen) atoms. The number of nitrogens with one attached hydrogen (secondary N) is 3. The summed E-state index contributed by atoms with van der Waals surface area (Å²) < 4.78 is 28.9. The largest absolute Gasteiger partial charge is 0.394 e. The number of hydrogen-bond donors (Lipinski definition) is 5. The van der Waals surface area contributed by atoms with Crippen LogP contribution in [-0.2, 0) is 10.0 Å². The monoisotopic (exact) mass is 543 g/mol. The summed E-state index contributed by atoms with van der Waals surface area (Å²) in [4.78, 5) is 10.8. The normalized spacial score (nSPS) is 13.8. The molecule has 0 spiro atoms. The van der Waals surface area contributed by atoms with Crippen LogP contribution in [0.2, 0.25) is 0 Å². The number of aliphatic hydroxyl groups is 1. The summed E-state index contributed by atoms with van der Waals surface area (Å²) in [5.74, 6) is 0.822. The Labute approximate surface area is 204 Å². The Kier molecular flexibility index (Phi) is 10.5. The number of rotatable bonds is 13. The molecule has 12 heteroatoms. The lowest BCUT2D eigenvalue weighted by molar-refractivity contribution is 0.171. The molecule has 0 aliphatic heterocycles. The fourth-order valence-corrected chi connectivity index (χ4v) is 4.57. The van der Waals surface area contributed by atoms with Crippen molar-refractivity contribution in [2.24, 2.45) is 5.73 Å². The lowest BCUT2D eigenvalue weighted by Gasteiger charge is -2.30. The van der Waals surface area contributed by atoms with Gasteiger partial charge in [-0.1, -0.05) is 13.0 Å². The molecule has 1 aromatic heterocycles. The molecule has 1 unspecified atom stereocenters. The van der Waals surface area contributed by atoms with Crippen molar-refractivity contribution in [3.05, 3.63) is 34.9 Å². The summed E-state index contributed by atoms with van der Waals surface area (Å²) in [6, 6.07) is 6.50. The molecular formula is C21H34BrN7O3S. The van der Waals surface area contributed by atoms with E-state index in [1.807, 2.05) is 32.6 Å². The number of aromatic nitrogens is 2. The van der Waals surface area contributed by atoms with Crippen molar-refractivity contribution in [2.75, 3.05) is 30.3 Å². The average Bonchev–Trinajstić information content (AvgIpc) is 2.76. The van der Waals surface area contributed by atoms with Crippen LogP contribution in [0, 0.1) is 0 Å². The van der Waals surface area contributed by atoms with Gasteiger partial charge in [-0.25, -0.2) is 18.1 Å². The Bertz CT molecular complexity index is 993. The fourth-order valence-electron chi connectivity index (χ4n) is 3.19. The molecule has 0 aliphatic carbocycles. The van der Waals surface area contributed by atoms with Gasteiger partial charge in [-0.15, -0.1) is 0 Å². The first-order valence-electron chi connectivity index (χ1n) is 10.8. The molecule has 2 atom stereocenters. The maximum absolute atomic E-state index is 12.8. The third-order valence-corrected chi connectivity index (χ3v) is 7.09. The van der Waals surface area contributed by atoms with E-state index in [4.69, 9.17) is 5.73 Å². The van der Waals surface area contributed by atoms with Crippen LogP contribution in [-0.4, -0.2) is 66.3 Å². The number of nitrogens with two attached hydrogens (primary N) is 1. The van der Waals surface area contributed by atoms with E-state index in [0.29, 0.717) is 28.5 Å². The predicted octanol–water partition coefficient (Wildman–Crippen LogP) is 2.46. The van der Waals surface area contributed by atoms with Crippen LogP contribution < -0.4 is 21.1 Å². The molecule has 1 heterocycles. The van der Waals surface area contributed by atoms with Crippen molar-refractivity contribution in [3.63, 3.8) is 0 Å². The van der Waals surface area contributed by atoms with Gasteiger partial charge in [-0.05, 0) is 61.3 Å². The van der Waals surface area contributed by atoms with Gasteiger partial charge in [0.15, 0.2) is 0 Å². The van der Waals surface area contributed by atoms with Crippen LogP contribution in [0.25, 0.3) is 0 Å². The number of nitrogens with zero attached hydrogens (tertiary/aromatic N) is 3. The van der Waals surface area contributed by atoms with E-state index in [9.17, 15) is 13.5 Å². The first-order chi connectivity index (χ1) is 15.6. The zero-order chi connectivity index (χ0) is 24.6. The zero-order valence-electron chi connectivity index (χ0n) is 19.4. The highest BCUT2D eigenvalue weighted by atomic mass is 79.9. The molecule has 0 fully saturated rings. The van der Waals surface area contributed by atoms with E-state index in [0.717, 1.165) is 6.42 Å². The molecule has 2 rings (SSSR count). The average molecular weight is 545 g/mol. The quantitative estimate of drug-likeness (QED) is 0.240. The summed E-state index contributed by atoms with van der Waals surface area (Å²) in [5.41, 5.74) is 6.49. The van der Waals surface area contributed by atoms with Gasteiger partial charge in [0.25, 0.3) is 0 Å². The molecule has 0 radical (unpaired) electrons. The SMILES string of the molecule is CC[C@H](CO)Nc1nc(Nc2cccc(S(=O)(=O)NCCN(C(C)C)C(C)N)c2)ncc1Br. The van der Waals surface area contributed by atoms with Gasteiger partial charge in [0.05, 0.1) is 28.2 Å². The molecular weight excluding hydrogens is 510 g/mol. The highest BCUT2D eigenvalue weighted by molar-refractivity contribution is 9.10. The summed E-state index contributed by atoms with van der Waals surface area (Å²) in [7, 11) is -3.71. The van der Waals surface area contributed by atoms with Gasteiger partial charge in [-0.3, -0.25) is 4.90 Å². The second-order valence-corrected chi connectivity index (χ2v) is 10.6. The molecule has 0 amide bonds. The lowest BCUT2D eigenvalue weighted by Crippen LogP contribution is -2.47. The van der Waals surface area contributed by atoms with Crippen LogP contribution in [0.5, 0.6) is 0 Å². The first-order valence-corrected chi connectivity index (χ1v) is 13.1. The maximum Gasteiger partial charge on any atom is 0.240 e. The lowest BCUT2D eigenvalue weighted by atomic mass is 10.2. The van der Waals surface area contributed by atoms with Crippen LogP contribution in [0.4, 0.5) is 17.5 Å². The first kappa shape index (κ1) is 27.4. The van der Waals surface area contributed by atoms with Gasteiger partial charge >= 0.3 is 0 Å². The molecule has 0 saturated heterocycles. The van der Waals surface area contributed by atoms with E-state index in [1.54, 1.807) is 18.3 Å². The maximum atomic E-state index is 12.8. The number of benzene rings is 1. The number of sulfonamides is 1. The number of aliphatic hydroxyl groups excluding tert-OH is 1. The number of halogens is 1. The zero-order valence-corrected chi connectivity index (χ0v) is 21.8. The standard InChI is InChI=1S/C21H34BrN7O3S/c1-5-16(13-30)26-20-19(22)12-24-21(28-20)27-17-7-6-8-18(11-17)33(31,32)25-9-10-29(14(2)3)15(4)23/h6-8,11-12,14-16,25,30H,5,9-10,13,23H2,1-4H3,(H2,24,26,27,28)/t15?,16-/m1/s1. The molecule has 6 N–H and O–H groups in total. The van der Waals surface area contributed by atoms with E-state index >= 15 is 0 Å². The van der Waals surface area contributed by atoms with E-state index in [2.05, 4.69) is 41.3 Å². The minimum atomic E-state index is -3.71. The topological polar surface area (TPSA) is 146 Å². The van der Waals surface area contributed by atoms with Crippen LogP contribution in [0.1, 0.15) is 34.1 Å². The Morgan fingerprint density at radius 1 is 1.27 bits per heavy atom.